The molecule has 3 rings (SSSR count). The molecular formula is C10H15N5O. The average Bonchev–Trinajstić information content (AvgIpc) is 2.59. The fourth-order valence-corrected chi connectivity index (χ4v) is 1.23. The highest BCUT2D eigenvalue weighted by molar-refractivity contribution is 5.69. The van der Waals surface area contributed by atoms with Crippen molar-refractivity contribution >= 4 is 17.1 Å². The van der Waals surface area contributed by atoms with E-state index >= 15 is 0 Å². The molecule has 0 spiro atoms. The molecule has 0 aromatic carbocycles. The predicted octanol–water partition coefficient (Wildman–Crippen LogP) is 0.799. The van der Waals surface area contributed by atoms with Crippen LogP contribution < -0.4 is 11.3 Å². The molecule has 1 fully saturated rings. The van der Waals surface area contributed by atoms with Gasteiger partial charge in [0.15, 0.2) is 11.2 Å². The van der Waals surface area contributed by atoms with E-state index in [1.165, 1.54) is 36.6 Å². The summed E-state index contributed by atoms with van der Waals surface area (Å²) < 4.78 is 1.26. The molecule has 2 heterocycles. The first-order valence-corrected chi connectivity index (χ1v) is 5.35. The van der Waals surface area contributed by atoms with Gasteiger partial charge in [0.25, 0.3) is 5.56 Å². The number of nitrogen functional groups attached to an aromatic ring is 1. The van der Waals surface area contributed by atoms with E-state index in [0.29, 0.717) is 11.2 Å². The number of hydrogen-bond donors (Lipinski definition) is 2. The summed E-state index contributed by atoms with van der Waals surface area (Å²) in [6.07, 6.45) is 7.42. The van der Waals surface area contributed by atoms with Gasteiger partial charge >= 0.3 is 0 Å². The second-order valence-electron chi connectivity index (χ2n) is 3.85. The fourth-order valence-electron chi connectivity index (χ4n) is 1.23. The van der Waals surface area contributed by atoms with Crippen LogP contribution in [-0.2, 0) is 7.05 Å². The number of nitrogens with zero attached hydrogens (tertiary/aromatic N) is 3. The molecule has 0 saturated heterocycles. The van der Waals surface area contributed by atoms with Crippen LogP contribution in [0.1, 0.15) is 25.7 Å². The SMILES string of the molecule is C1CCC1.Cn1c(N)nc2nc[nH]c2c1=O. The Morgan fingerprint density at radius 2 is 2.00 bits per heavy atom. The summed E-state index contributed by atoms with van der Waals surface area (Å²) in [5, 5.41) is 0. The lowest BCUT2D eigenvalue weighted by atomic mass is 10.0. The van der Waals surface area contributed by atoms with Crippen LogP contribution >= 0.6 is 0 Å². The second-order valence-corrected chi connectivity index (χ2v) is 3.85. The van der Waals surface area contributed by atoms with Crippen LogP contribution in [-0.4, -0.2) is 19.5 Å². The summed E-state index contributed by atoms with van der Waals surface area (Å²) in [6.45, 7) is 0. The van der Waals surface area contributed by atoms with Crippen molar-refractivity contribution in [1.29, 1.82) is 0 Å². The number of H-pyrrole nitrogens is 1. The number of anilines is 1. The van der Waals surface area contributed by atoms with Gasteiger partial charge in [-0.25, -0.2) is 4.98 Å². The minimum absolute atomic E-state index is 0.166. The molecule has 6 nitrogen and oxygen atoms in total. The van der Waals surface area contributed by atoms with E-state index in [1.54, 1.807) is 7.05 Å². The van der Waals surface area contributed by atoms with Gasteiger partial charge in [-0.05, 0) is 0 Å². The molecule has 1 aliphatic rings. The number of aromatic nitrogens is 4. The standard InChI is InChI=1S/C6H7N5O.C4H8/c1-11-5(12)3-4(9-2-8-3)10-6(11)7;1-2-4-3-1/h2H,1H3,(H2,7,10)(H,8,9);1-4H2. The zero-order chi connectivity index (χ0) is 11.5. The van der Waals surface area contributed by atoms with Crippen LogP contribution in [0.5, 0.6) is 0 Å². The normalized spacial score (nSPS) is 14.1. The van der Waals surface area contributed by atoms with Crippen molar-refractivity contribution in [2.45, 2.75) is 25.7 Å². The summed E-state index contributed by atoms with van der Waals surface area (Å²) in [7, 11) is 1.56. The number of aromatic amines is 1. The fraction of sp³-hybridized carbons (Fsp3) is 0.500. The average molecular weight is 221 g/mol. The van der Waals surface area contributed by atoms with Crippen LogP contribution in [0.4, 0.5) is 5.95 Å². The lowest BCUT2D eigenvalue weighted by Crippen LogP contribution is -2.21. The van der Waals surface area contributed by atoms with E-state index < -0.39 is 0 Å². The monoisotopic (exact) mass is 221 g/mol. The van der Waals surface area contributed by atoms with Crippen LogP contribution in [0.25, 0.3) is 11.2 Å². The first-order valence-electron chi connectivity index (χ1n) is 5.35. The lowest BCUT2D eigenvalue weighted by molar-refractivity contribution is 0.504. The topological polar surface area (TPSA) is 89.6 Å². The Kier molecular flexibility index (Phi) is 2.89. The Bertz CT molecular complexity index is 534. The maximum absolute atomic E-state index is 11.4. The highest BCUT2D eigenvalue weighted by atomic mass is 16.1. The molecule has 1 aliphatic carbocycles. The number of imidazole rings is 1. The van der Waals surface area contributed by atoms with Crippen molar-refractivity contribution in [1.82, 2.24) is 19.5 Å². The molecule has 0 unspecified atom stereocenters. The third-order valence-electron chi connectivity index (χ3n) is 2.70. The quantitative estimate of drug-likeness (QED) is 0.688. The second kappa shape index (κ2) is 4.34. The van der Waals surface area contributed by atoms with Crippen molar-refractivity contribution in [3.05, 3.63) is 16.7 Å². The summed E-state index contributed by atoms with van der Waals surface area (Å²) in [5.41, 5.74) is 5.97. The van der Waals surface area contributed by atoms with Gasteiger partial charge in [0, 0.05) is 7.05 Å². The molecule has 0 amide bonds. The number of hydrogen-bond acceptors (Lipinski definition) is 4. The summed E-state index contributed by atoms with van der Waals surface area (Å²) in [6, 6.07) is 0. The molecule has 16 heavy (non-hydrogen) atoms. The van der Waals surface area contributed by atoms with E-state index in [9.17, 15) is 4.79 Å². The number of nitrogens with one attached hydrogen (secondary N) is 1. The van der Waals surface area contributed by atoms with E-state index in [1.807, 2.05) is 0 Å². The Labute approximate surface area is 92.5 Å². The minimum Gasteiger partial charge on any atom is -0.369 e. The van der Waals surface area contributed by atoms with Crippen LogP contribution in [0.3, 0.4) is 0 Å². The van der Waals surface area contributed by atoms with Gasteiger partial charge in [-0.3, -0.25) is 9.36 Å². The van der Waals surface area contributed by atoms with Gasteiger partial charge in [-0.15, -0.1) is 0 Å². The van der Waals surface area contributed by atoms with Gasteiger partial charge in [-0.1, -0.05) is 25.7 Å². The molecule has 0 atom stereocenters. The maximum Gasteiger partial charge on any atom is 0.280 e. The van der Waals surface area contributed by atoms with E-state index in [4.69, 9.17) is 5.73 Å². The van der Waals surface area contributed by atoms with Gasteiger partial charge in [0.05, 0.1) is 6.33 Å². The smallest absolute Gasteiger partial charge is 0.280 e. The van der Waals surface area contributed by atoms with Crippen LogP contribution in [0, 0.1) is 0 Å². The van der Waals surface area contributed by atoms with Gasteiger partial charge in [0.2, 0.25) is 5.95 Å². The van der Waals surface area contributed by atoms with Crippen LogP contribution in [0.15, 0.2) is 11.1 Å². The van der Waals surface area contributed by atoms with Crippen molar-refractivity contribution in [3.63, 3.8) is 0 Å². The van der Waals surface area contributed by atoms with Gasteiger partial charge < -0.3 is 10.7 Å². The highest BCUT2D eigenvalue weighted by Gasteiger charge is 2.06. The number of fused-ring (bicyclic) bond motifs is 1. The van der Waals surface area contributed by atoms with E-state index in [0.717, 1.165) is 0 Å². The third-order valence-corrected chi connectivity index (χ3v) is 2.70. The minimum atomic E-state index is -0.213. The van der Waals surface area contributed by atoms with Crippen molar-refractivity contribution in [2.24, 2.45) is 7.05 Å². The molecule has 0 bridgehead atoms. The Hall–Kier alpha value is -1.85. The van der Waals surface area contributed by atoms with Crippen LogP contribution in [0.2, 0.25) is 0 Å². The zero-order valence-electron chi connectivity index (χ0n) is 9.23. The molecule has 0 aliphatic heterocycles. The predicted molar refractivity (Wildman–Crippen MR) is 62.0 cm³/mol. The molecule has 3 N–H and O–H groups in total. The molecule has 0 radical (unpaired) electrons. The highest BCUT2D eigenvalue weighted by Crippen LogP contribution is 2.15. The first kappa shape index (κ1) is 10.7. The summed E-state index contributed by atoms with van der Waals surface area (Å²) in [4.78, 5) is 21.8. The molecule has 6 heteroatoms. The van der Waals surface area contributed by atoms with E-state index in [2.05, 4.69) is 15.0 Å². The lowest BCUT2D eigenvalue weighted by Gasteiger charge is -2.05. The number of nitrogens with two attached hydrogens (primary N) is 1. The van der Waals surface area contributed by atoms with E-state index in [-0.39, 0.29) is 11.5 Å². The molecular weight excluding hydrogens is 206 g/mol. The maximum atomic E-state index is 11.4. The number of rotatable bonds is 0. The molecule has 2 aromatic heterocycles. The molecule has 1 saturated carbocycles. The van der Waals surface area contributed by atoms with Crippen molar-refractivity contribution in [2.75, 3.05) is 5.73 Å². The summed E-state index contributed by atoms with van der Waals surface area (Å²) in [5.74, 6) is 0.166. The largest absolute Gasteiger partial charge is 0.369 e. The van der Waals surface area contributed by atoms with Gasteiger partial charge in [-0.2, -0.15) is 4.98 Å². The Morgan fingerprint density at radius 3 is 2.56 bits per heavy atom. The third kappa shape index (κ3) is 1.91. The Balaban J connectivity index is 0.000000203. The molecule has 2 aromatic rings. The van der Waals surface area contributed by atoms with Crippen molar-refractivity contribution in [3.8, 4) is 0 Å². The van der Waals surface area contributed by atoms with Gasteiger partial charge in [0.1, 0.15) is 0 Å². The molecule has 86 valence electrons. The first-order chi connectivity index (χ1) is 7.70. The van der Waals surface area contributed by atoms with Crippen molar-refractivity contribution < 1.29 is 0 Å². The Morgan fingerprint density at radius 1 is 1.38 bits per heavy atom. The summed E-state index contributed by atoms with van der Waals surface area (Å²) >= 11 is 0. The zero-order valence-corrected chi connectivity index (χ0v) is 9.23.